The number of hydrogen-bond donors (Lipinski definition) is 1. The van der Waals surface area contributed by atoms with Crippen molar-refractivity contribution in [3.63, 3.8) is 0 Å². The summed E-state index contributed by atoms with van der Waals surface area (Å²) >= 11 is 0. The monoisotopic (exact) mass is 140 g/mol. The Kier molecular flexibility index (Phi) is 1.31. The van der Waals surface area contributed by atoms with Crippen LogP contribution >= 0.6 is 0 Å². The van der Waals surface area contributed by atoms with Gasteiger partial charge in [0.1, 0.15) is 0 Å². The van der Waals surface area contributed by atoms with Gasteiger partial charge in [-0.15, -0.1) is 0 Å². The third-order valence-electron chi connectivity index (χ3n) is 3.83. The van der Waals surface area contributed by atoms with Crippen LogP contribution in [0.15, 0.2) is 0 Å². The Balaban J connectivity index is 2.20. The Morgan fingerprint density at radius 1 is 1.40 bits per heavy atom. The molecule has 1 atom stereocenters. The van der Waals surface area contributed by atoms with E-state index in [0.717, 1.165) is 5.92 Å². The molecule has 0 saturated heterocycles. The van der Waals surface area contributed by atoms with Crippen LogP contribution in [0.4, 0.5) is 0 Å². The Labute approximate surface area is 62.4 Å². The largest absolute Gasteiger partial charge is 0.396 e. The second-order valence-corrected chi connectivity index (χ2v) is 4.28. The van der Waals surface area contributed by atoms with Crippen molar-refractivity contribution in [3.05, 3.63) is 0 Å². The summed E-state index contributed by atoms with van der Waals surface area (Å²) in [7, 11) is 0. The molecule has 0 spiro atoms. The van der Waals surface area contributed by atoms with E-state index < -0.39 is 0 Å². The molecule has 0 amide bonds. The Morgan fingerprint density at radius 3 is 2.20 bits per heavy atom. The average molecular weight is 140 g/mol. The minimum Gasteiger partial charge on any atom is -0.396 e. The Bertz CT molecular complexity index is 134. The zero-order chi connectivity index (χ0) is 7.19. The molecule has 0 heterocycles. The van der Waals surface area contributed by atoms with Crippen molar-refractivity contribution < 1.29 is 5.11 Å². The molecular formula is C9H16O. The Hall–Kier alpha value is -0.0400. The highest BCUT2D eigenvalue weighted by atomic mass is 16.3. The molecule has 2 bridgehead atoms. The molecule has 1 nitrogen and oxygen atoms in total. The lowest BCUT2D eigenvalue weighted by molar-refractivity contribution is 0.143. The van der Waals surface area contributed by atoms with Gasteiger partial charge >= 0.3 is 0 Å². The SMILES string of the molecule is CC12CCC(CC1)C2CO. The summed E-state index contributed by atoms with van der Waals surface area (Å²) in [5, 5.41) is 9.11. The highest BCUT2D eigenvalue weighted by molar-refractivity contribution is 4.99. The smallest absolute Gasteiger partial charge is 0.0467 e. The summed E-state index contributed by atoms with van der Waals surface area (Å²) < 4.78 is 0. The third-order valence-corrected chi connectivity index (χ3v) is 3.83. The van der Waals surface area contributed by atoms with E-state index in [1.54, 1.807) is 0 Å². The lowest BCUT2D eigenvalue weighted by Gasteiger charge is -2.24. The van der Waals surface area contributed by atoms with Gasteiger partial charge in [-0.05, 0) is 42.9 Å². The van der Waals surface area contributed by atoms with Crippen molar-refractivity contribution in [2.45, 2.75) is 32.6 Å². The molecule has 10 heavy (non-hydrogen) atoms. The molecule has 1 heteroatoms. The predicted octanol–water partition coefficient (Wildman–Crippen LogP) is 1.81. The minimum absolute atomic E-state index is 0.432. The standard InChI is InChI=1S/C9H16O/c1-9-4-2-7(3-5-9)8(9)6-10/h7-8,10H,2-6H2,1H3. The molecule has 0 aromatic carbocycles. The molecule has 0 aliphatic heterocycles. The summed E-state index contributed by atoms with van der Waals surface area (Å²) in [5.74, 6) is 1.52. The molecule has 1 unspecified atom stereocenters. The normalized spacial score (nSPS) is 52.2. The van der Waals surface area contributed by atoms with Crippen LogP contribution in [0.3, 0.4) is 0 Å². The highest BCUT2D eigenvalue weighted by Crippen LogP contribution is 2.57. The van der Waals surface area contributed by atoms with Gasteiger partial charge in [0.2, 0.25) is 0 Å². The molecule has 0 aromatic rings. The number of rotatable bonds is 1. The summed E-state index contributed by atoms with van der Waals surface area (Å²) in [6.45, 7) is 2.78. The average Bonchev–Trinajstić information content (AvgIpc) is 2.39. The fourth-order valence-corrected chi connectivity index (χ4v) is 3.01. The molecule has 1 N–H and O–H groups in total. The van der Waals surface area contributed by atoms with E-state index in [-0.39, 0.29) is 0 Å². The summed E-state index contributed by atoms with van der Waals surface area (Å²) in [4.78, 5) is 0. The zero-order valence-corrected chi connectivity index (χ0v) is 6.64. The predicted molar refractivity (Wildman–Crippen MR) is 40.6 cm³/mol. The van der Waals surface area contributed by atoms with Gasteiger partial charge in [0.15, 0.2) is 0 Å². The van der Waals surface area contributed by atoms with Crippen LogP contribution in [0.1, 0.15) is 32.6 Å². The minimum atomic E-state index is 0.432. The number of fused-ring (bicyclic) bond motifs is 2. The van der Waals surface area contributed by atoms with Gasteiger partial charge in [0.25, 0.3) is 0 Å². The maximum absolute atomic E-state index is 9.11. The van der Waals surface area contributed by atoms with Crippen LogP contribution in [0.2, 0.25) is 0 Å². The topological polar surface area (TPSA) is 20.2 Å². The quantitative estimate of drug-likeness (QED) is 0.589. The van der Waals surface area contributed by atoms with E-state index in [1.165, 1.54) is 25.7 Å². The molecule has 2 aliphatic carbocycles. The van der Waals surface area contributed by atoms with E-state index in [2.05, 4.69) is 6.92 Å². The van der Waals surface area contributed by atoms with E-state index >= 15 is 0 Å². The molecule has 0 aromatic heterocycles. The first-order valence-electron chi connectivity index (χ1n) is 4.37. The fourth-order valence-electron chi connectivity index (χ4n) is 3.01. The second kappa shape index (κ2) is 1.97. The van der Waals surface area contributed by atoms with Crippen LogP contribution in [-0.4, -0.2) is 11.7 Å². The lowest BCUT2D eigenvalue weighted by atomic mass is 9.81. The van der Waals surface area contributed by atoms with E-state index in [0.29, 0.717) is 17.9 Å². The van der Waals surface area contributed by atoms with Crippen molar-refractivity contribution in [2.75, 3.05) is 6.61 Å². The van der Waals surface area contributed by atoms with Crippen LogP contribution in [0, 0.1) is 17.3 Å². The van der Waals surface area contributed by atoms with Crippen molar-refractivity contribution in [2.24, 2.45) is 17.3 Å². The van der Waals surface area contributed by atoms with Crippen LogP contribution in [-0.2, 0) is 0 Å². The first-order valence-corrected chi connectivity index (χ1v) is 4.37. The molecule has 2 saturated carbocycles. The lowest BCUT2D eigenvalue weighted by Crippen LogP contribution is -2.20. The molecule has 2 rings (SSSR count). The summed E-state index contributed by atoms with van der Waals surface area (Å²) in [6, 6.07) is 0. The first kappa shape index (κ1) is 6.66. The third kappa shape index (κ3) is 0.672. The Morgan fingerprint density at radius 2 is 2.00 bits per heavy atom. The van der Waals surface area contributed by atoms with Gasteiger partial charge in [-0.1, -0.05) is 6.92 Å². The van der Waals surface area contributed by atoms with E-state index in [9.17, 15) is 0 Å². The molecular weight excluding hydrogens is 124 g/mol. The van der Waals surface area contributed by atoms with Crippen molar-refractivity contribution in [1.82, 2.24) is 0 Å². The molecule has 2 aliphatic rings. The summed E-state index contributed by atoms with van der Waals surface area (Å²) in [6.07, 6.45) is 5.48. The van der Waals surface area contributed by atoms with Crippen molar-refractivity contribution in [1.29, 1.82) is 0 Å². The molecule has 2 fully saturated rings. The molecule has 58 valence electrons. The van der Waals surface area contributed by atoms with E-state index in [1.807, 2.05) is 0 Å². The van der Waals surface area contributed by atoms with E-state index in [4.69, 9.17) is 5.11 Å². The highest BCUT2D eigenvalue weighted by Gasteiger charge is 2.49. The van der Waals surface area contributed by atoms with Crippen molar-refractivity contribution >= 4 is 0 Å². The molecule has 0 radical (unpaired) electrons. The van der Waals surface area contributed by atoms with Crippen LogP contribution < -0.4 is 0 Å². The maximum atomic E-state index is 9.11. The number of aliphatic hydroxyl groups excluding tert-OH is 1. The maximum Gasteiger partial charge on any atom is 0.0467 e. The van der Waals surface area contributed by atoms with Gasteiger partial charge in [-0.3, -0.25) is 0 Å². The first-order chi connectivity index (χ1) is 4.76. The van der Waals surface area contributed by atoms with Gasteiger partial charge < -0.3 is 5.11 Å². The number of hydrogen-bond acceptors (Lipinski definition) is 1. The second-order valence-electron chi connectivity index (χ2n) is 4.28. The van der Waals surface area contributed by atoms with Gasteiger partial charge in [0.05, 0.1) is 0 Å². The van der Waals surface area contributed by atoms with Crippen LogP contribution in [0.5, 0.6) is 0 Å². The zero-order valence-electron chi connectivity index (χ0n) is 6.64. The van der Waals surface area contributed by atoms with Gasteiger partial charge in [-0.2, -0.15) is 0 Å². The van der Waals surface area contributed by atoms with Crippen LogP contribution in [0.25, 0.3) is 0 Å². The van der Waals surface area contributed by atoms with Gasteiger partial charge in [-0.25, -0.2) is 0 Å². The number of aliphatic hydroxyl groups is 1. The van der Waals surface area contributed by atoms with Gasteiger partial charge in [0, 0.05) is 6.61 Å². The van der Waals surface area contributed by atoms with Crippen molar-refractivity contribution in [3.8, 4) is 0 Å². The summed E-state index contributed by atoms with van der Waals surface area (Å²) in [5.41, 5.74) is 0.527. The fraction of sp³-hybridized carbons (Fsp3) is 1.00.